The largest absolute Gasteiger partial charge is 0.493 e. The number of hydrogen-bond acceptors (Lipinski definition) is 4. The standard InChI is InChI=1S/C23H25N3O3/c1-4-11-29-20-10-7-16(12-21(20)28-3)18-13-22(27)25-23-19(18)14-24-26(23)17-8-5-15(2)6-9-17/h5-10,12,14,18H,4,11,13H2,1-3H3,(H,25,27)/t18-/m1/s1. The van der Waals surface area contributed by atoms with Crippen molar-refractivity contribution in [3.63, 3.8) is 0 Å². The minimum Gasteiger partial charge on any atom is -0.493 e. The average Bonchev–Trinajstić information content (AvgIpc) is 3.15. The van der Waals surface area contributed by atoms with E-state index in [0.29, 0.717) is 24.5 Å². The lowest BCUT2D eigenvalue weighted by Crippen LogP contribution is -2.24. The van der Waals surface area contributed by atoms with E-state index >= 15 is 0 Å². The molecule has 0 spiro atoms. The van der Waals surface area contributed by atoms with Gasteiger partial charge in [-0.25, -0.2) is 4.68 Å². The highest BCUT2D eigenvalue weighted by Gasteiger charge is 2.31. The van der Waals surface area contributed by atoms with Crippen molar-refractivity contribution in [1.82, 2.24) is 9.78 Å². The molecule has 0 aliphatic carbocycles. The number of nitrogens with one attached hydrogen (secondary N) is 1. The number of amides is 1. The molecule has 150 valence electrons. The van der Waals surface area contributed by atoms with Crippen LogP contribution in [0.5, 0.6) is 11.5 Å². The third-order valence-corrected chi connectivity index (χ3v) is 5.15. The third-order valence-electron chi connectivity index (χ3n) is 5.15. The van der Waals surface area contributed by atoms with Gasteiger partial charge in [-0.1, -0.05) is 30.7 Å². The van der Waals surface area contributed by atoms with Crippen molar-refractivity contribution in [2.24, 2.45) is 0 Å². The molecule has 0 bridgehead atoms. The van der Waals surface area contributed by atoms with Crippen molar-refractivity contribution in [3.8, 4) is 17.2 Å². The monoisotopic (exact) mass is 391 g/mol. The van der Waals surface area contributed by atoms with Gasteiger partial charge in [-0.3, -0.25) is 4.79 Å². The van der Waals surface area contributed by atoms with E-state index in [-0.39, 0.29) is 11.8 Å². The molecular formula is C23H25N3O3. The smallest absolute Gasteiger partial charge is 0.226 e. The molecule has 6 heteroatoms. The van der Waals surface area contributed by atoms with Crippen molar-refractivity contribution in [2.45, 2.75) is 32.6 Å². The molecule has 0 fully saturated rings. The molecule has 4 rings (SSSR count). The van der Waals surface area contributed by atoms with E-state index in [2.05, 4.69) is 17.3 Å². The lowest BCUT2D eigenvalue weighted by Gasteiger charge is -2.24. The number of aromatic nitrogens is 2. The molecule has 0 saturated carbocycles. The Bertz CT molecular complexity index is 1020. The summed E-state index contributed by atoms with van der Waals surface area (Å²) in [6.45, 7) is 4.74. The Hall–Kier alpha value is -3.28. The molecule has 1 aromatic heterocycles. The van der Waals surface area contributed by atoms with Crippen molar-refractivity contribution < 1.29 is 14.3 Å². The van der Waals surface area contributed by atoms with Crippen LogP contribution in [0.1, 0.15) is 42.4 Å². The first-order valence-corrected chi connectivity index (χ1v) is 9.86. The maximum absolute atomic E-state index is 12.5. The first-order valence-electron chi connectivity index (χ1n) is 9.86. The van der Waals surface area contributed by atoms with Gasteiger partial charge in [0, 0.05) is 17.9 Å². The number of benzene rings is 2. The van der Waals surface area contributed by atoms with E-state index in [1.807, 2.05) is 55.6 Å². The van der Waals surface area contributed by atoms with Gasteiger partial charge in [-0.15, -0.1) is 0 Å². The molecule has 0 radical (unpaired) electrons. The van der Waals surface area contributed by atoms with Crippen LogP contribution in [0, 0.1) is 6.92 Å². The molecule has 1 N–H and O–H groups in total. The summed E-state index contributed by atoms with van der Waals surface area (Å²) in [7, 11) is 1.63. The normalized spacial score (nSPS) is 15.6. The Morgan fingerprint density at radius 3 is 2.69 bits per heavy atom. The summed E-state index contributed by atoms with van der Waals surface area (Å²) < 4.78 is 13.1. The number of rotatable bonds is 6. The van der Waals surface area contributed by atoms with Gasteiger partial charge < -0.3 is 14.8 Å². The number of ether oxygens (including phenoxy) is 2. The number of fused-ring (bicyclic) bond motifs is 1. The predicted octanol–water partition coefficient (Wildman–Crippen LogP) is 4.45. The van der Waals surface area contributed by atoms with Crippen LogP contribution in [-0.2, 0) is 4.79 Å². The first kappa shape index (κ1) is 19.1. The van der Waals surface area contributed by atoms with Gasteiger partial charge in [0.2, 0.25) is 5.91 Å². The number of nitrogens with zero attached hydrogens (tertiary/aromatic N) is 2. The maximum atomic E-state index is 12.5. The molecule has 1 aliphatic rings. The van der Waals surface area contributed by atoms with Gasteiger partial charge in [-0.05, 0) is 43.2 Å². The molecule has 29 heavy (non-hydrogen) atoms. The van der Waals surface area contributed by atoms with Gasteiger partial charge in [0.1, 0.15) is 5.82 Å². The van der Waals surface area contributed by atoms with Crippen LogP contribution in [0.2, 0.25) is 0 Å². The minimum atomic E-state index is -0.0907. The average molecular weight is 391 g/mol. The number of carbonyl (C=O) groups is 1. The fourth-order valence-electron chi connectivity index (χ4n) is 3.63. The highest BCUT2D eigenvalue weighted by molar-refractivity contribution is 5.94. The zero-order chi connectivity index (χ0) is 20.4. The van der Waals surface area contributed by atoms with Gasteiger partial charge in [0.05, 0.1) is 25.6 Å². The minimum absolute atomic E-state index is 0.0263. The fraction of sp³-hybridized carbons (Fsp3) is 0.304. The van der Waals surface area contributed by atoms with Crippen LogP contribution in [0.4, 0.5) is 5.82 Å². The summed E-state index contributed by atoms with van der Waals surface area (Å²) in [5.41, 5.74) is 4.09. The third kappa shape index (κ3) is 3.70. The number of hydrogen-bond donors (Lipinski definition) is 1. The Kier molecular flexibility index (Phi) is 5.25. The fourth-order valence-corrected chi connectivity index (χ4v) is 3.63. The lowest BCUT2D eigenvalue weighted by atomic mass is 9.87. The second-order valence-corrected chi connectivity index (χ2v) is 7.26. The number of carbonyl (C=O) groups excluding carboxylic acids is 1. The highest BCUT2D eigenvalue weighted by Crippen LogP contribution is 2.40. The molecule has 1 atom stereocenters. The van der Waals surface area contributed by atoms with E-state index in [0.717, 1.165) is 29.1 Å². The summed E-state index contributed by atoms with van der Waals surface area (Å²) in [6, 6.07) is 13.9. The molecule has 1 aliphatic heterocycles. The molecule has 6 nitrogen and oxygen atoms in total. The van der Waals surface area contributed by atoms with Crippen molar-refractivity contribution in [3.05, 3.63) is 65.4 Å². The quantitative estimate of drug-likeness (QED) is 0.674. The summed E-state index contributed by atoms with van der Waals surface area (Å²) in [5.74, 6) is 2.00. The first-order chi connectivity index (χ1) is 14.1. The van der Waals surface area contributed by atoms with Crippen LogP contribution in [0.3, 0.4) is 0 Å². The van der Waals surface area contributed by atoms with E-state index < -0.39 is 0 Å². The molecule has 0 unspecified atom stereocenters. The number of aryl methyl sites for hydroxylation is 1. The summed E-state index contributed by atoms with van der Waals surface area (Å²) in [4.78, 5) is 12.5. The molecule has 2 aromatic carbocycles. The van der Waals surface area contributed by atoms with Crippen LogP contribution < -0.4 is 14.8 Å². The Labute approximate surface area is 170 Å². The van der Waals surface area contributed by atoms with Crippen molar-refractivity contribution >= 4 is 11.7 Å². The Morgan fingerprint density at radius 2 is 1.97 bits per heavy atom. The Morgan fingerprint density at radius 1 is 1.17 bits per heavy atom. The number of anilines is 1. The predicted molar refractivity (Wildman–Crippen MR) is 112 cm³/mol. The SMILES string of the molecule is CCCOc1ccc([C@H]2CC(=O)Nc3c2cnn3-c2ccc(C)cc2)cc1OC. The van der Waals surface area contributed by atoms with Gasteiger partial charge >= 0.3 is 0 Å². The van der Waals surface area contributed by atoms with Crippen LogP contribution in [-0.4, -0.2) is 29.4 Å². The Balaban J connectivity index is 1.72. The van der Waals surface area contributed by atoms with Crippen molar-refractivity contribution in [2.75, 3.05) is 19.0 Å². The highest BCUT2D eigenvalue weighted by atomic mass is 16.5. The lowest BCUT2D eigenvalue weighted by molar-refractivity contribution is -0.116. The van der Waals surface area contributed by atoms with Crippen molar-refractivity contribution in [1.29, 1.82) is 0 Å². The van der Waals surface area contributed by atoms with Crippen LogP contribution >= 0.6 is 0 Å². The van der Waals surface area contributed by atoms with E-state index in [9.17, 15) is 4.79 Å². The van der Waals surface area contributed by atoms with E-state index in [1.54, 1.807) is 11.8 Å². The zero-order valence-electron chi connectivity index (χ0n) is 16.9. The summed E-state index contributed by atoms with van der Waals surface area (Å²) in [5, 5.41) is 7.55. The topological polar surface area (TPSA) is 65.4 Å². The zero-order valence-corrected chi connectivity index (χ0v) is 16.9. The molecule has 3 aromatic rings. The molecule has 0 saturated heterocycles. The van der Waals surface area contributed by atoms with E-state index in [4.69, 9.17) is 9.47 Å². The van der Waals surface area contributed by atoms with Gasteiger partial charge in [-0.2, -0.15) is 5.10 Å². The number of methoxy groups -OCH3 is 1. The molecule has 1 amide bonds. The molecular weight excluding hydrogens is 366 g/mol. The van der Waals surface area contributed by atoms with Crippen LogP contribution in [0.25, 0.3) is 5.69 Å². The second-order valence-electron chi connectivity index (χ2n) is 7.26. The second kappa shape index (κ2) is 7.99. The van der Waals surface area contributed by atoms with Gasteiger partial charge in [0.15, 0.2) is 11.5 Å². The summed E-state index contributed by atoms with van der Waals surface area (Å²) >= 11 is 0. The van der Waals surface area contributed by atoms with E-state index in [1.165, 1.54) is 5.56 Å². The maximum Gasteiger partial charge on any atom is 0.226 e. The van der Waals surface area contributed by atoms with Gasteiger partial charge in [0.25, 0.3) is 0 Å². The summed E-state index contributed by atoms with van der Waals surface area (Å²) in [6.07, 6.45) is 3.13. The van der Waals surface area contributed by atoms with Crippen LogP contribution in [0.15, 0.2) is 48.7 Å². The molecule has 2 heterocycles.